The van der Waals surface area contributed by atoms with Crippen LogP contribution < -0.4 is 0 Å². The molecule has 0 aliphatic heterocycles. The molecule has 1 aromatic heterocycles. The van der Waals surface area contributed by atoms with Crippen LogP contribution in [0.3, 0.4) is 0 Å². The summed E-state index contributed by atoms with van der Waals surface area (Å²) in [7, 11) is 0. The molecule has 0 amide bonds. The lowest BCUT2D eigenvalue weighted by atomic mass is 10.1. The maximum atomic E-state index is 10.00. The summed E-state index contributed by atoms with van der Waals surface area (Å²) < 4.78 is 1.81. The van der Waals surface area contributed by atoms with Crippen molar-refractivity contribution in [2.45, 2.75) is 6.42 Å². The smallest absolute Gasteiger partial charge is 0.234 e. The quantitative estimate of drug-likeness (QED) is 0.573. The summed E-state index contributed by atoms with van der Waals surface area (Å²) in [6.45, 7) is 0.460. The van der Waals surface area contributed by atoms with Crippen LogP contribution in [-0.2, 0) is 11.2 Å². The largest absolute Gasteiger partial charge is 0.241 e. The van der Waals surface area contributed by atoms with Crippen molar-refractivity contribution in [2.24, 2.45) is 4.99 Å². The fourth-order valence-corrected chi connectivity index (χ4v) is 1.58. The van der Waals surface area contributed by atoms with Crippen LogP contribution in [0.4, 0.5) is 0 Å². The third-order valence-corrected chi connectivity index (χ3v) is 2.30. The Labute approximate surface area is 93.2 Å². The number of nitrogens with zero attached hydrogens (tertiary/aromatic N) is 3. The number of aliphatic imine (C=N–C) groups is 1. The van der Waals surface area contributed by atoms with E-state index in [-0.39, 0.29) is 0 Å². The summed E-state index contributed by atoms with van der Waals surface area (Å²) in [6, 6.07) is 9.81. The summed E-state index contributed by atoms with van der Waals surface area (Å²) in [5, 5.41) is 4.18. The van der Waals surface area contributed by atoms with Crippen LogP contribution in [0.5, 0.6) is 0 Å². The highest BCUT2D eigenvalue weighted by Gasteiger charge is 2.02. The molecule has 0 spiro atoms. The summed E-state index contributed by atoms with van der Waals surface area (Å²) in [4.78, 5) is 13.6. The lowest BCUT2D eigenvalue weighted by Crippen LogP contribution is -2.01. The summed E-state index contributed by atoms with van der Waals surface area (Å²) in [5.41, 5.74) is 2.14. The third-order valence-electron chi connectivity index (χ3n) is 2.30. The van der Waals surface area contributed by atoms with Gasteiger partial charge in [-0.05, 0) is 24.1 Å². The molecule has 2 aromatic rings. The number of carbonyl (C=O) groups excluding carboxylic acids is 1. The first-order valence-electron chi connectivity index (χ1n) is 5.03. The molecule has 16 heavy (non-hydrogen) atoms. The van der Waals surface area contributed by atoms with E-state index in [2.05, 4.69) is 10.1 Å². The van der Waals surface area contributed by atoms with Crippen molar-refractivity contribution in [3.8, 4) is 5.69 Å². The van der Waals surface area contributed by atoms with Crippen molar-refractivity contribution < 1.29 is 4.79 Å². The van der Waals surface area contributed by atoms with Gasteiger partial charge < -0.3 is 0 Å². The molecule has 80 valence electrons. The Hall–Kier alpha value is -2.19. The molecule has 0 radical (unpaired) electrons. The first-order valence-corrected chi connectivity index (χ1v) is 5.03. The van der Waals surface area contributed by atoms with Gasteiger partial charge in [-0.2, -0.15) is 5.10 Å². The van der Waals surface area contributed by atoms with Crippen molar-refractivity contribution in [2.75, 3.05) is 6.54 Å². The fourth-order valence-electron chi connectivity index (χ4n) is 1.58. The van der Waals surface area contributed by atoms with Gasteiger partial charge in [0.1, 0.15) is 0 Å². The SMILES string of the molecule is O=C=NCCc1ccccc1-n1cccn1. The zero-order chi connectivity index (χ0) is 11.2. The van der Waals surface area contributed by atoms with Crippen LogP contribution in [0.25, 0.3) is 5.69 Å². The van der Waals surface area contributed by atoms with Gasteiger partial charge in [-0.15, -0.1) is 0 Å². The maximum absolute atomic E-state index is 10.00. The molecular weight excluding hydrogens is 202 g/mol. The zero-order valence-electron chi connectivity index (χ0n) is 8.71. The second kappa shape index (κ2) is 5.05. The van der Waals surface area contributed by atoms with Gasteiger partial charge in [-0.3, -0.25) is 0 Å². The molecule has 0 saturated carbocycles. The molecule has 0 bridgehead atoms. The highest BCUT2D eigenvalue weighted by atomic mass is 16.1. The lowest BCUT2D eigenvalue weighted by molar-refractivity contribution is 0.563. The minimum absolute atomic E-state index is 0.460. The predicted molar refractivity (Wildman–Crippen MR) is 60.3 cm³/mol. The van der Waals surface area contributed by atoms with Crippen LogP contribution in [0, 0.1) is 0 Å². The highest BCUT2D eigenvalue weighted by molar-refractivity contribution is 5.40. The van der Waals surface area contributed by atoms with Gasteiger partial charge in [0, 0.05) is 12.4 Å². The molecular formula is C12H11N3O. The average molecular weight is 213 g/mol. The maximum Gasteiger partial charge on any atom is 0.234 e. The van der Waals surface area contributed by atoms with Crippen LogP contribution in [0.15, 0.2) is 47.7 Å². The molecule has 0 unspecified atom stereocenters. The number of para-hydroxylation sites is 1. The minimum Gasteiger partial charge on any atom is -0.241 e. The van der Waals surface area contributed by atoms with Crippen LogP contribution in [0.1, 0.15) is 5.56 Å². The third kappa shape index (κ3) is 2.24. The Morgan fingerprint density at radius 1 is 1.31 bits per heavy atom. The Kier molecular flexibility index (Phi) is 3.26. The second-order valence-corrected chi connectivity index (χ2v) is 3.30. The van der Waals surface area contributed by atoms with E-state index >= 15 is 0 Å². The number of hydrogen-bond donors (Lipinski definition) is 0. The summed E-state index contributed by atoms with van der Waals surface area (Å²) >= 11 is 0. The van der Waals surface area contributed by atoms with Gasteiger partial charge in [0.2, 0.25) is 6.08 Å². The molecule has 4 heteroatoms. The number of isocyanates is 1. The van der Waals surface area contributed by atoms with Gasteiger partial charge >= 0.3 is 0 Å². The van der Waals surface area contributed by atoms with Crippen molar-refractivity contribution in [3.05, 3.63) is 48.3 Å². The first-order chi connectivity index (χ1) is 7.92. The molecule has 4 nitrogen and oxygen atoms in total. The Morgan fingerprint density at radius 2 is 2.19 bits per heavy atom. The first kappa shape index (κ1) is 10.3. The monoisotopic (exact) mass is 213 g/mol. The summed E-state index contributed by atoms with van der Waals surface area (Å²) in [6.07, 6.45) is 5.89. The van der Waals surface area contributed by atoms with Crippen molar-refractivity contribution in [1.29, 1.82) is 0 Å². The van der Waals surface area contributed by atoms with Crippen LogP contribution in [-0.4, -0.2) is 22.4 Å². The Bertz CT molecular complexity index is 499. The van der Waals surface area contributed by atoms with Crippen LogP contribution in [0.2, 0.25) is 0 Å². The molecule has 1 aromatic carbocycles. The van der Waals surface area contributed by atoms with Gasteiger partial charge in [-0.25, -0.2) is 14.5 Å². The van der Waals surface area contributed by atoms with Crippen molar-refractivity contribution >= 4 is 6.08 Å². The van der Waals surface area contributed by atoms with Gasteiger partial charge in [-0.1, -0.05) is 18.2 Å². The molecule has 0 aliphatic carbocycles. The average Bonchev–Trinajstić information content (AvgIpc) is 2.83. The molecule has 1 heterocycles. The number of hydrogen-bond acceptors (Lipinski definition) is 3. The Balaban J connectivity index is 2.27. The van der Waals surface area contributed by atoms with E-state index in [4.69, 9.17) is 0 Å². The van der Waals surface area contributed by atoms with E-state index in [0.29, 0.717) is 13.0 Å². The Morgan fingerprint density at radius 3 is 2.94 bits per heavy atom. The predicted octanol–water partition coefficient (Wildman–Crippen LogP) is 1.75. The fraction of sp³-hybridized carbons (Fsp3) is 0.167. The summed E-state index contributed by atoms with van der Waals surface area (Å²) in [5.74, 6) is 0. The highest BCUT2D eigenvalue weighted by Crippen LogP contribution is 2.13. The number of aromatic nitrogens is 2. The lowest BCUT2D eigenvalue weighted by Gasteiger charge is -2.07. The van der Waals surface area contributed by atoms with E-state index in [1.165, 1.54) is 0 Å². The van der Waals surface area contributed by atoms with E-state index in [9.17, 15) is 4.79 Å². The molecule has 0 saturated heterocycles. The number of benzene rings is 1. The topological polar surface area (TPSA) is 47.2 Å². The van der Waals surface area contributed by atoms with Crippen LogP contribution >= 0.6 is 0 Å². The van der Waals surface area contributed by atoms with Gasteiger partial charge in [0.15, 0.2) is 0 Å². The van der Waals surface area contributed by atoms with E-state index in [0.717, 1.165) is 11.3 Å². The normalized spacial score (nSPS) is 9.75. The zero-order valence-corrected chi connectivity index (χ0v) is 8.71. The molecule has 0 aliphatic rings. The second-order valence-electron chi connectivity index (χ2n) is 3.30. The molecule has 0 atom stereocenters. The van der Waals surface area contributed by atoms with E-state index < -0.39 is 0 Å². The van der Waals surface area contributed by atoms with Gasteiger partial charge in [0.25, 0.3) is 0 Å². The van der Waals surface area contributed by atoms with E-state index in [1.807, 2.05) is 36.5 Å². The minimum atomic E-state index is 0.460. The molecule has 2 rings (SSSR count). The van der Waals surface area contributed by atoms with Crippen molar-refractivity contribution in [3.63, 3.8) is 0 Å². The standard InChI is InChI=1S/C12H11N3O/c16-10-13-8-6-11-4-1-2-5-12(11)15-9-3-7-14-15/h1-5,7,9H,6,8H2. The molecule has 0 fully saturated rings. The van der Waals surface area contributed by atoms with E-state index in [1.54, 1.807) is 17.0 Å². The van der Waals surface area contributed by atoms with Gasteiger partial charge in [0.05, 0.1) is 12.2 Å². The van der Waals surface area contributed by atoms with Crippen molar-refractivity contribution in [1.82, 2.24) is 9.78 Å². The molecule has 0 N–H and O–H groups in total. The number of rotatable bonds is 4.